The normalized spacial score (nSPS) is 14.9. The number of pyridine rings is 2. The van der Waals surface area contributed by atoms with Crippen molar-refractivity contribution in [3.8, 4) is 16.9 Å². The van der Waals surface area contributed by atoms with Crippen molar-refractivity contribution < 1.29 is 18.0 Å². The summed E-state index contributed by atoms with van der Waals surface area (Å²) in [6, 6.07) is 8.41. The molecule has 0 aliphatic carbocycles. The SMILES string of the molecule is O=C(Nc1ccc(F)c(-n2cc3cc(-c4ncccc4Cl)cnc3n2)c1)N1CC(F)(F)C1. The Morgan fingerprint density at radius 1 is 1.16 bits per heavy atom. The number of alkyl halides is 2. The predicted octanol–water partition coefficient (Wildman–Crippen LogP) is 4.76. The van der Waals surface area contributed by atoms with Crippen LogP contribution < -0.4 is 5.32 Å². The largest absolute Gasteiger partial charge is 0.322 e. The number of carbonyl (C=O) groups excluding carboxylic acids is 1. The number of urea groups is 1. The van der Waals surface area contributed by atoms with Gasteiger partial charge in [0.1, 0.15) is 11.5 Å². The molecular formula is C21H14ClF3N6O. The number of nitrogens with zero attached hydrogens (tertiary/aromatic N) is 5. The lowest BCUT2D eigenvalue weighted by atomic mass is 10.1. The molecule has 7 nitrogen and oxygen atoms in total. The highest BCUT2D eigenvalue weighted by Crippen LogP contribution is 2.29. The van der Waals surface area contributed by atoms with E-state index in [1.807, 2.05) is 0 Å². The number of fused-ring (bicyclic) bond motifs is 1. The van der Waals surface area contributed by atoms with Crippen molar-refractivity contribution in [3.05, 3.63) is 65.8 Å². The second-order valence-corrected chi connectivity index (χ2v) is 7.76. The first kappa shape index (κ1) is 20.3. The van der Waals surface area contributed by atoms with Gasteiger partial charge in [-0.25, -0.2) is 27.6 Å². The lowest BCUT2D eigenvalue weighted by molar-refractivity contribution is -0.107. The van der Waals surface area contributed by atoms with Gasteiger partial charge in [-0.3, -0.25) is 4.98 Å². The summed E-state index contributed by atoms with van der Waals surface area (Å²) in [6.07, 6.45) is 4.78. The fraction of sp³-hybridized carbons (Fsp3) is 0.143. The van der Waals surface area contributed by atoms with Gasteiger partial charge in [-0.1, -0.05) is 11.6 Å². The Morgan fingerprint density at radius 3 is 2.72 bits per heavy atom. The molecule has 2 amide bonds. The van der Waals surface area contributed by atoms with Gasteiger partial charge >= 0.3 is 6.03 Å². The van der Waals surface area contributed by atoms with Gasteiger partial charge in [0.2, 0.25) is 0 Å². The van der Waals surface area contributed by atoms with E-state index in [0.29, 0.717) is 27.3 Å². The fourth-order valence-corrected chi connectivity index (χ4v) is 3.62. The van der Waals surface area contributed by atoms with Crippen LogP contribution in [-0.4, -0.2) is 49.7 Å². The van der Waals surface area contributed by atoms with Gasteiger partial charge in [0.25, 0.3) is 5.92 Å². The Kier molecular flexibility index (Phi) is 4.74. The van der Waals surface area contributed by atoms with E-state index in [1.54, 1.807) is 36.8 Å². The molecule has 0 bridgehead atoms. The number of halogens is 4. The second-order valence-electron chi connectivity index (χ2n) is 7.35. The molecule has 1 aliphatic heterocycles. The molecule has 1 N–H and O–H groups in total. The van der Waals surface area contributed by atoms with Crippen LogP contribution in [0.1, 0.15) is 0 Å². The number of anilines is 1. The summed E-state index contributed by atoms with van der Waals surface area (Å²) in [5.41, 5.74) is 1.92. The molecule has 1 aliphatic rings. The average molecular weight is 459 g/mol. The van der Waals surface area contributed by atoms with Crippen LogP contribution in [0.25, 0.3) is 28.0 Å². The van der Waals surface area contributed by atoms with Crippen LogP contribution in [0.3, 0.4) is 0 Å². The van der Waals surface area contributed by atoms with E-state index >= 15 is 0 Å². The van der Waals surface area contributed by atoms with Gasteiger partial charge in [-0.05, 0) is 36.4 Å². The fourth-order valence-electron chi connectivity index (χ4n) is 3.39. The smallest absolute Gasteiger partial charge is 0.312 e. The number of hydrogen-bond donors (Lipinski definition) is 1. The van der Waals surface area contributed by atoms with Crippen molar-refractivity contribution in [2.24, 2.45) is 0 Å². The number of benzene rings is 1. The third kappa shape index (κ3) is 3.73. The Balaban J connectivity index is 1.44. The minimum Gasteiger partial charge on any atom is -0.312 e. The molecule has 3 aromatic heterocycles. The minimum atomic E-state index is -2.87. The monoisotopic (exact) mass is 458 g/mol. The van der Waals surface area contributed by atoms with E-state index in [1.165, 1.54) is 16.8 Å². The first-order valence-electron chi connectivity index (χ1n) is 9.49. The van der Waals surface area contributed by atoms with Gasteiger partial charge < -0.3 is 10.2 Å². The topological polar surface area (TPSA) is 75.9 Å². The number of aromatic nitrogens is 4. The van der Waals surface area contributed by atoms with Gasteiger partial charge in [0.15, 0.2) is 5.65 Å². The molecule has 4 aromatic rings. The molecular weight excluding hydrogens is 445 g/mol. The summed E-state index contributed by atoms with van der Waals surface area (Å²) in [6.45, 7) is -1.29. The Hall–Kier alpha value is -3.66. The quantitative estimate of drug-likeness (QED) is 0.480. The lowest BCUT2D eigenvalue weighted by Gasteiger charge is -2.38. The Bertz CT molecular complexity index is 1350. The molecule has 0 unspecified atom stereocenters. The Morgan fingerprint density at radius 2 is 1.97 bits per heavy atom. The highest BCUT2D eigenvalue weighted by molar-refractivity contribution is 6.33. The second kappa shape index (κ2) is 7.49. The van der Waals surface area contributed by atoms with Crippen LogP contribution in [0.15, 0.2) is 55.0 Å². The standard InChI is InChI=1S/C21H14ClF3N6O/c22-15-2-1-5-26-18(15)12-6-13-9-31(29-19(13)27-8-12)17-7-14(3-4-16(17)23)28-20(32)30-10-21(24,25)11-30/h1-9H,10-11H2,(H,28,32). The van der Waals surface area contributed by atoms with Crippen LogP contribution in [0, 0.1) is 5.82 Å². The van der Waals surface area contributed by atoms with Crippen molar-refractivity contribution >= 4 is 34.4 Å². The van der Waals surface area contributed by atoms with Crippen LogP contribution in [0.5, 0.6) is 0 Å². The molecule has 11 heteroatoms. The van der Waals surface area contributed by atoms with Crippen LogP contribution in [0.4, 0.5) is 23.7 Å². The van der Waals surface area contributed by atoms with Gasteiger partial charge in [0, 0.05) is 35.2 Å². The number of likely N-dealkylation sites (tertiary alicyclic amines) is 1. The van der Waals surface area contributed by atoms with E-state index in [0.717, 1.165) is 11.0 Å². The molecule has 162 valence electrons. The van der Waals surface area contributed by atoms with Crippen LogP contribution in [0.2, 0.25) is 5.02 Å². The maximum atomic E-state index is 14.5. The number of amides is 2. The number of nitrogens with one attached hydrogen (secondary N) is 1. The summed E-state index contributed by atoms with van der Waals surface area (Å²) in [4.78, 5) is 21.6. The number of hydrogen-bond acceptors (Lipinski definition) is 4. The third-order valence-corrected chi connectivity index (χ3v) is 5.27. The van der Waals surface area contributed by atoms with Crippen molar-refractivity contribution in [2.45, 2.75) is 5.92 Å². The van der Waals surface area contributed by atoms with E-state index in [-0.39, 0.29) is 11.4 Å². The zero-order chi connectivity index (χ0) is 22.5. The molecule has 0 spiro atoms. The number of rotatable bonds is 3. The van der Waals surface area contributed by atoms with Crippen molar-refractivity contribution in [2.75, 3.05) is 18.4 Å². The van der Waals surface area contributed by atoms with E-state index in [2.05, 4.69) is 20.4 Å². The molecule has 0 saturated carbocycles. The zero-order valence-corrected chi connectivity index (χ0v) is 17.0. The first-order valence-corrected chi connectivity index (χ1v) is 9.87. The predicted molar refractivity (Wildman–Crippen MR) is 113 cm³/mol. The van der Waals surface area contributed by atoms with E-state index < -0.39 is 30.9 Å². The number of carbonyl (C=O) groups is 1. The maximum Gasteiger partial charge on any atom is 0.322 e. The zero-order valence-electron chi connectivity index (χ0n) is 16.3. The molecule has 5 rings (SSSR count). The summed E-state index contributed by atoms with van der Waals surface area (Å²) >= 11 is 6.20. The molecule has 1 saturated heterocycles. The van der Waals surface area contributed by atoms with Crippen molar-refractivity contribution in [3.63, 3.8) is 0 Å². The first-order chi connectivity index (χ1) is 15.3. The van der Waals surface area contributed by atoms with Gasteiger partial charge in [-0.2, -0.15) is 0 Å². The Labute approximate surface area is 184 Å². The lowest BCUT2D eigenvalue weighted by Crippen LogP contribution is -2.59. The molecule has 1 aromatic carbocycles. The van der Waals surface area contributed by atoms with Gasteiger partial charge in [-0.15, -0.1) is 5.10 Å². The highest BCUT2D eigenvalue weighted by atomic mass is 35.5. The van der Waals surface area contributed by atoms with E-state index in [4.69, 9.17) is 11.6 Å². The maximum absolute atomic E-state index is 14.5. The molecule has 0 radical (unpaired) electrons. The van der Waals surface area contributed by atoms with Gasteiger partial charge in [0.05, 0.1) is 23.8 Å². The summed E-state index contributed by atoms with van der Waals surface area (Å²) in [5, 5.41) is 7.88. The van der Waals surface area contributed by atoms with Crippen LogP contribution in [-0.2, 0) is 0 Å². The summed E-state index contributed by atoms with van der Waals surface area (Å²) in [5.74, 6) is -3.45. The average Bonchev–Trinajstić information content (AvgIpc) is 3.16. The third-order valence-electron chi connectivity index (χ3n) is 4.97. The van der Waals surface area contributed by atoms with Crippen LogP contribution >= 0.6 is 11.6 Å². The minimum absolute atomic E-state index is 0.0622. The molecule has 32 heavy (non-hydrogen) atoms. The van der Waals surface area contributed by atoms with Crippen molar-refractivity contribution in [1.29, 1.82) is 0 Å². The molecule has 0 atom stereocenters. The molecule has 4 heterocycles. The molecule has 1 fully saturated rings. The highest BCUT2D eigenvalue weighted by Gasteiger charge is 2.46. The summed E-state index contributed by atoms with van der Waals surface area (Å²) in [7, 11) is 0. The summed E-state index contributed by atoms with van der Waals surface area (Å²) < 4.78 is 41.8. The van der Waals surface area contributed by atoms with Crippen molar-refractivity contribution in [1.82, 2.24) is 24.6 Å². The van der Waals surface area contributed by atoms with E-state index in [9.17, 15) is 18.0 Å².